The van der Waals surface area contributed by atoms with Crippen LogP contribution >= 0.6 is 0 Å². The molecule has 2 heterocycles. The molecule has 38 heavy (non-hydrogen) atoms. The van der Waals surface area contributed by atoms with E-state index in [0.29, 0.717) is 24.3 Å². The zero-order valence-corrected chi connectivity index (χ0v) is 21.4. The molecule has 0 bridgehead atoms. The first-order valence-corrected chi connectivity index (χ1v) is 13.1. The highest BCUT2D eigenvalue weighted by atomic mass is 16.7. The maximum absolute atomic E-state index is 11.9. The molecule has 202 valence electrons. The summed E-state index contributed by atoms with van der Waals surface area (Å²) in [6.45, 7) is 0.458. The second-order valence-corrected chi connectivity index (χ2v) is 9.14. The number of unbranched alkanes of at least 4 members (excludes halogenated alkanes) is 7. The van der Waals surface area contributed by atoms with Gasteiger partial charge in [-0.05, 0) is 60.4 Å². The van der Waals surface area contributed by atoms with E-state index in [-0.39, 0.29) is 25.4 Å². The Morgan fingerprint density at radius 1 is 0.605 bits per heavy atom. The van der Waals surface area contributed by atoms with Crippen molar-refractivity contribution in [3.8, 4) is 23.0 Å². The molecule has 0 atom stereocenters. The highest BCUT2D eigenvalue weighted by Crippen LogP contribution is 2.32. The summed E-state index contributed by atoms with van der Waals surface area (Å²) in [5, 5.41) is 8.02. The van der Waals surface area contributed by atoms with Crippen molar-refractivity contribution in [1.82, 2.24) is 10.9 Å². The summed E-state index contributed by atoms with van der Waals surface area (Å²) in [6, 6.07) is 11.0. The average Bonchev–Trinajstić information content (AvgIpc) is 3.58. The number of ether oxygens (including phenoxy) is 4. The molecule has 0 saturated heterocycles. The second-order valence-electron chi connectivity index (χ2n) is 9.14. The number of rotatable bonds is 15. The quantitative estimate of drug-likeness (QED) is 0.200. The molecule has 0 saturated carbocycles. The number of hydrazone groups is 2. The maximum atomic E-state index is 11.9. The Labute approximate surface area is 222 Å². The lowest BCUT2D eigenvalue weighted by Crippen LogP contribution is -2.16. The van der Waals surface area contributed by atoms with Crippen LogP contribution in [0.2, 0.25) is 0 Å². The predicted molar refractivity (Wildman–Crippen MR) is 143 cm³/mol. The molecule has 0 radical (unpaired) electrons. The van der Waals surface area contributed by atoms with Gasteiger partial charge in [0.05, 0.1) is 12.4 Å². The largest absolute Gasteiger partial charge is 0.454 e. The van der Waals surface area contributed by atoms with Gasteiger partial charge in [-0.2, -0.15) is 10.2 Å². The van der Waals surface area contributed by atoms with E-state index in [0.717, 1.165) is 74.0 Å². The number of nitrogens with zero attached hydrogens (tertiary/aromatic N) is 2. The molecule has 2 aromatic carbocycles. The third kappa shape index (κ3) is 8.79. The Morgan fingerprint density at radius 2 is 1.00 bits per heavy atom. The molecule has 0 aromatic heterocycles. The van der Waals surface area contributed by atoms with E-state index < -0.39 is 0 Å². The summed E-state index contributed by atoms with van der Waals surface area (Å²) in [5.41, 5.74) is 6.81. The summed E-state index contributed by atoms with van der Waals surface area (Å²) in [6.07, 6.45) is 12.3. The number of hydrogen-bond acceptors (Lipinski definition) is 8. The van der Waals surface area contributed by atoms with Gasteiger partial charge in [0.15, 0.2) is 23.0 Å². The van der Waals surface area contributed by atoms with Crippen LogP contribution in [0.15, 0.2) is 46.6 Å². The number of nitrogens with one attached hydrogen (secondary N) is 2. The highest BCUT2D eigenvalue weighted by Gasteiger charge is 2.13. The van der Waals surface area contributed by atoms with Gasteiger partial charge in [-0.25, -0.2) is 10.9 Å². The molecule has 0 fully saturated rings. The first kappa shape index (κ1) is 27.0. The van der Waals surface area contributed by atoms with Crippen molar-refractivity contribution in [2.75, 3.05) is 13.6 Å². The zero-order chi connectivity index (χ0) is 26.4. The Kier molecular flexibility index (Phi) is 10.4. The third-order valence-electron chi connectivity index (χ3n) is 6.16. The smallest absolute Gasteiger partial charge is 0.240 e. The van der Waals surface area contributed by atoms with Crippen LogP contribution in [0.3, 0.4) is 0 Å². The van der Waals surface area contributed by atoms with Crippen molar-refractivity contribution < 1.29 is 28.5 Å². The topological polar surface area (TPSA) is 120 Å². The molecule has 2 N–H and O–H groups in total. The lowest BCUT2D eigenvalue weighted by molar-refractivity contribution is -0.122. The van der Waals surface area contributed by atoms with Crippen LogP contribution in [0.25, 0.3) is 0 Å². The molecule has 10 heteroatoms. The fourth-order valence-electron chi connectivity index (χ4n) is 4.09. The molecule has 0 spiro atoms. The van der Waals surface area contributed by atoms with Crippen LogP contribution in [-0.4, -0.2) is 37.8 Å². The standard InChI is InChI=1S/C28H34N4O6/c33-27(31-29-17-21-11-13-23-25(15-21)37-19-35-23)9-7-5-3-1-2-4-6-8-10-28(34)32-30-18-22-12-14-24-26(16-22)38-20-36-24/h11-18H,1-10,19-20H2,(H,31,33)(H,32,34)/b29-17+,30-18+. The Bertz CT molecular complexity index is 1060. The molecular formula is C28H34N4O6. The van der Waals surface area contributed by atoms with E-state index in [1.165, 1.54) is 0 Å². The van der Waals surface area contributed by atoms with Gasteiger partial charge in [0, 0.05) is 12.8 Å². The van der Waals surface area contributed by atoms with Gasteiger partial charge in [-0.15, -0.1) is 0 Å². The van der Waals surface area contributed by atoms with Crippen molar-refractivity contribution in [2.45, 2.75) is 64.2 Å². The van der Waals surface area contributed by atoms with E-state index >= 15 is 0 Å². The molecule has 0 unspecified atom stereocenters. The molecule has 2 aliphatic rings. The summed E-state index contributed by atoms with van der Waals surface area (Å²) in [5.74, 6) is 2.64. The molecule has 0 aliphatic carbocycles. The Balaban J connectivity index is 0.945. The summed E-state index contributed by atoms with van der Waals surface area (Å²) < 4.78 is 21.2. The summed E-state index contributed by atoms with van der Waals surface area (Å²) >= 11 is 0. The number of fused-ring (bicyclic) bond motifs is 2. The lowest BCUT2D eigenvalue weighted by Gasteiger charge is -2.03. The van der Waals surface area contributed by atoms with Crippen LogP contribution in [-0.2, 0) is 9.59 Å². The van der Waals surface area contributed by atoms with Gasteiger partial charge < -0.3 is 18.9 Å². The first-order valence-electron chi connectivity index (χ1n) is 13.1. The van der Waals surface area contributed by atoms with E-state index in [1.807, 2.05) is 36.4 Å². The minimum Gasteiger partial charge on any atom is -0.454 e. The van der Waals surface area contributed by atoms with Crippen molar-refractivity contribution in [3.05, 3.63) is 47.5 Å². The molecular weight excluding hydrogens is 488 g/mol. The highest BCUT2D eigenvalue weighted by molar-refractivity contribution is 5.84. The van der Waals surface area contributed by atoms with Crippen molar-refractivity contribution in [2.24, 2.45) is 10.2 Å². The van der Waals surface area contributed by atoms with Crippen LogP contribution in [0, 0.1) is 0 Å². The molecule has 4 rings (SSSR count). The van der Waals surface area contributed by atoms with E-state index in [2.05, 4.69) is 21.1 Å². The van der Waals surface area contributed by atoms with E-state index in [4.69, 9.17) is 18.9 Å². The average molecular weight is 523 g/mol. The van der Waals surface area contributed by atoms with Gasteiger partial charge in [-0.3, -0.25) is 9.59 Å². The van der Waals surface area contributed by atoms with Gasteiger partial charge in [0.25, 0.3) is 0 Å². The Morgan fingerprint density at radius 3 is 1.45 bits per heavy atom. The number of hydrogen-bond donors (Lipinski definition) is 2. The Hall–Kier alpha value is -4.08. The molecule has 10 nitrogen and oxygen atoms in total. The monoisotopic (exact) mass is 522 g/mol. The minimum atomic E-state index is -0.0829. The number of carbonyl (C=O) groups excluding carboxylic acids is 2. The predicted octanol–water partition coefficient (Wildman–Crippen LogP) is 4.65. The molecule has 2 amide bonds. The second kappa shape index (κ2) is 14.6. The van der Waals surface area contributed by atoms with E-state index in [1.54, 1.807) is 12.4 Å². The van der Waals surface area contributed by atoms with Gasteiger partial charge in [0.2, 0.25) is 25.4 Å². The lowest BCUT2D eigenvalue weighted by atomic mass is 10.1. The summed E-state index contributed by atoms with van der Waals surface area (Å²) in [7, 11) is 0. The fourth-order valence-corrected chi connectivity index (χ4v) is 4.09. The van der Waals surface area contributed by atoms with Gasteiger partial charge >= 0.3 is 0 Å². The van der Waals surface area contributed by atoms with Crippen LogP contribution in [0.5, 0.6) is 23.0 Å². The normalized spacial score (nSPS) is 13.4. The third-order valence-corrected chi connectivity index (χ3v) is 6.16. The zero-order valence-electron chi connectivity index (χ0n) is 21.4. The molecule has 2 aromatic rings. The van der Waals surface area contributed by atoms with Gasteiger partial charge in [-0.1, -0.05) is 38.5 Å². The number of carbonyl (C=O) groups is 2. The van der Waals surface area contributed by atoms with Crippen molar-refractivity contribution in [1.29, 1.82) is 0 Å². The van der Waals surface area contributed by atoms with Crippen LogP contribution in [0.1, 0.15) is 75.3 Å². The SMILES string of the molecule is O=C(CCCCCCCCCCC(=O)N/N=C/c1ccc2c(c1)OCO2)N/N=C/c1ccc2c(c1)OCO2. The number of amides is 2. The van der Waals surface area contributed by atoms with Crippen molar-refractivity contribution in [3.63, 3.8) is 0 Å². The summed E-state index contributed by atoms with van der Waals surface area (Å²) in [4.78, 5) is 23.9. The van der Waals surface area contributed by atoms with Crippen LogP contribution < -0.4 is 29.8 Å². The van der Waals surface area contributed by atoms with Crippen LogP contribution in [0.4, 0.5) is 0 Å². The van der Waals surface area contributed by atoms with Gasteiger partial charge in [0.1, 0.15) is 0 Å². The molecule has 2 aliphatic heterocycles. The number of benzene rings is 2. The van der Waals surface area contributed by atoms with Crippen molar-refractivity contribution >= 4 is 24.2 Å². The first-order chi connectivity index (χ1) is 18.7. The fraction of sp³-hybridized carbons (Fsp3) is 0.429. The minimum absolute atomic E-state index is 0.0829. The van der Waals surface area contributed by atoms with E-state index in [9.17, 15) is 9.59 Å². The maximum Gasteiger partial charge on any atom is 0.240 e.